The van der Waals surface area contributed by atoms with Crippen molar-refractivity contribution in [2.24, 2.45) is 0 Å². The van der Waals surface area contributed by atoms with Crippen LogP contribution in [0.3, 0.4) is 0 Å². The van der Waals surface area contributed by atoms with E-state index in [1.165, 1.54) is 0 Å². The molecule has 0 heterocycles. The smallest absolute Gasteiger partial charge is 0.317 e. The van der Waals surface area contributed by atoms with Crippen molar-refractivity contribution in [1.29, 1.82) is 0 Å². The first-order chi connectivity index (χ1) is 3.95. The fraction of sp³-hybridized carbons (Fsp3) is 0.333. The van der Waals surface area contributed by atoms with Gasteiger partial charge in [0.15, 0.2) is 0 Å². The van der Waals surface area contributed by atoms with E-state index in [0.717, 1.165) is 0 Å². The van der Waals surface area contributed by atoms with Gasteiger partial charge >= 0.3 is 5.97 Å². The van der Waals surface area contributed by atoms with Gasteiger partial charge in [-0.25, -0.2) is 0 Å². The predicted molar refractivity (Wildman–Crippen MR) is 35.5 cm³/mol. The van der Waals surface area contributed by atoms with E-state index in [1.54, 1.807) is 0 Å². The second-order valence-electron chi connectivity index (χ2n) is 1.46. The molecule has 0 rings (SSSR count). The van der Waals surface area contributed by atoms with E-state index >= 15 is 0 Å². The van der Waals surface area contributed by atoms with Gasteiger partial charge in [-0.15, -0.1) is 0 Å². The number of rotatable bonds is 2. The van der Waals surface area contributed by atoms with Gasteiger partial charge in [0.1, 0.15) is 10.9 Å². The minimum absolute atomic E-state index is 0. The molecule has 0 N–H and O–H groups in total. The molecule has 0 bridgehead atoms. The summed E-state index contributed by atoms with van der Waals surface area (Å²) in [5.41, 5.74) is -1.86. The van der Waals surface area contributed by atoms with Crippen LogP contribution >= 0.6 is 15.9 Å². The first kappa shape index (κ1) is 13.2. The Balaban J connectivity index is 0. The molecule has 0 aliphatic heterocycles. The third kappa shape index (κ3) is 8.57. The van der Waals surface area contributed by atoms with Crippen LogP contribution in [0.4, 0.5) is 0 Å². The topological polar surface area (TPSA) is 26.3 Å². The molecule has 0 aromatic carbocycles. The van der Waals surface area contributed by atoms with E-state index in [0.29, 0.717) is 0 Å². The Morgan fingerprint density at radius 3 is 2.00 bits per heavy atom. The molecule has 0 spiro atoms. The van der Waals surface area contributed by atoms with Gasteiger partial charge < -0.3 is 4.74 Å². The van der Waals surface area contributed by atoms with Crippen LogP contribution in [0.1, 0.15) is 0 Å². The Bertz CT molecular complexity index is 109. The van der Waals surface area contributed by atoms with Crippen LogP contribution in [0.15, 0.2) is 0 Å². The zero-order chi connectivity index (χ0) is 7.49. The molecule has 0 aromatic heterocycles. The molecule has 0 saturated carbocycles. The summed E-state index contributed by atoms with van der Waals surface area (Å²) < 4.78 is 4.23. The standard InChI is InChI=1S/C6H5BrO2.Zn/c1-6(2,3)9-5(8)4-7;/h1-3H,4H2;. The molecule has 4 heteroatoms. The Hall–Kier alpha value is 0.573. The summed E-state index contributed by atoms with van der Waals surface area (Å²) in [5, 5.41) is 0.0281. The summed E-state index contributed by atoms with van der Waals surface area (Å²) in [6.07, 6.45) is 0. The molecule has 0 aliphatic carbocycles. The molecule has 0 aromatic rings. The largest absolute Gasteiger partial charge is 0.457 e. The van der Waals surface area contributed by atoms with Crippen LogP contribution in [0, 0.1) is 20.8 Å². The van der Waals surface area contributed by atoms with Crippen LogP contribution in [0.25, 0.3) is 0 Å². The average Bonchev–Trinajstić information content (AvgIpc) is 1.62. The molecule has 0 saturated heterocycles. The van der Waals surface area contributed by atoms with Crippen molar-refractivity contribution in [2.45, 2.75) is 5.60 Å². The summed E-state index contributed by atoms with van der Waals surface area (Å²) in [6.45, 7) is 14.7. The van der Waals surface area contributed by atoms with Gasteiger partial charge in [-0.1, -0.05) is 15.9 Å². The van der Waals surface area contributed by atoms with E-state index in [1.807, 2.05) is 0 Å². The predicted octanol–water partition coefficient (Wildman–Crippen LogP) is 0.794. The van der Waals surface area contributed by atoms with E-state index in [-0.39, 0.29) is 24.8 Å². The molecular formula is C6H5BrO2Zn. The molecule has 0 aliphatic rings. The number of carbonyl (C=O) groups is 1. The number of carbonyl (C=O) groups excluding carboxylic acids is 1. The Labute approximate surface area is 82.6 Å². The second kappa shape index (κ2) is 5.25. The number of hydrogen-bond donors (Lipinski definition) is 0. The SMILES string of the molecule is [CH]C([CH])([CH])OC(=O)CBr.[Zn]. The number of ether oxygens (including phenoxy) is 1. The monoisotopic (exact) mass is 252 g/mol. The normalized spacial score (nSPS) is 10.0. The zero-order valence-corrected chi connectivity index (χ0v) is 9.89. The Morgan fingerprint density at radius 1 is 1.50 bits per heavy atom. The Morgan fingerprint density at radius 2 is 1.90 bits per heavy atom. The molecule has 2 nitrogen and oxygen atoms in total. The van der Waals surface area contributed by atoms with Crippen molar-refractivity contribution in [1.82, 2.24) is 0 Å². The maximum atomic E-state index is 10.3. The molecule has 10 heavy (non-hydrogen) atoms. The maximum Gasteiger partial charge on any atom is 0.317 e. The van der Waals surface area contributed by atoms with Crippen molar-refractivity contribution in [3.63, 3.8) is 0 Å². The van der Waals surface area contributed by atoms with Gasteiger partial charge in [-0.2, -0.15) is 0 Å². The van der Waals surface area contributed by atoms with Gasteiger partial charge in [0.05, 0.1) is 0 Å². The number of halogens is 1. The van der Waals surface area contributed by atoms with Crippen molar-refractivity contribution < 1.29 is 29.0 Å². The van der Waals surface area contributed by atoms with Crippen molar-refractivity contribution in [3.8, 4) is 0 Å². The summed E-state index contributed by atoms with van der Waals surface area (Å²) in [7, 11) is 0. The van der Waals surface area contributed by atoms with E-state index in [9.17, 15) is 4.79 Å². The number of hydrogen-bond acceptors (Lipinski definition) is 2. The van der Waals surface area contributed by atoms with Crippen LogP contribution in [0.2, 0.25) is 0 Å². The molecule has 0 unspecified atom stereocenters. The van der Waals surface area contributed by atoms with Gasteiger partial charge in [-0.3, -0.25) is 4.79 Å². The van der Waals surface area contributed by atoms with Crippen molar-refractivity contribution in [3.05, 3.63) is 20.8 Å². The number of alkyl halides is 1. The summed E-state index contributed by atoms with van der Waals surface area (Å²) in [5.74, 6) is -0.595. The quantitative estimate of drug-likeness (QED) is 0.414. The number of esters is 1. The molecule has 0 atom stereocenters. The van der Waals surface area contributed by atoms with E-state index in [4.69, 9.17) is 20.8 Å². The van der Waals surface area contributed by atoms with Gasteiger partial charge in [0.2, 0.25) is 0 Å². The fourth-order valence-electron chi connectivity index (χ4n) is 0.224. The first-order valence-electron chi connectivity index (χ1n) is 2.10. The summed E-state index contributed by atoms with van der Waals surface area (Å²) in [6, 6.07) is 0. The van der Waals surface area contributed by atoms with Crippen LogP contribution in [-0.2, 0) is 29.0 Å². The fourth-order valence-corrected chi connectivity index (χ4v) is 0.339. The second-order valence-corrected chi connectivity index (χ2v) is 2.02. The molecule has 6 radical (unpaired) electrons. The minimum atomic E-state index is -1.86. The van der Waals surface area contributed by atoms with E-state index < -0.39 is 11.6 Å². The molecular weight excluding hydrogens is 249 g/mol. The maximum absolute atomic E-state index is 10.3. The zero-order valence-electron chi connectivity index (χ0n) is 5.34. The first-order valence-corrected chi connectivity index (χ1v) is 3.22. The van der Waals surface area contributed by atoms with Gasteiger partial charge in [0, 0.05) is 40.2 Å². The van der Waals surface area contributed by atoms with Crippen LogP contribution in [0.5, 0.6) is 0 Å². The molecule has 50 valence electrons. The molecule has 0 amide bonds. The summed E-state index contributed by atoms with van der Waals surface area (Å²) >= 11 is 2.83. The van der Waals surface area contributed by atoms with Crippen molar-refractivity contribution in [2.75, 3.05) is 5.33 Å². The average molecular weight is 254 g/mol. The van der Waals surface area contributed by atoms with Gasteiger partial charge in [0.25, 0.3) is 0 Å². The van der Waals surface area contributed by atoms with Gasteiger partial charge in [-0.05, 0) is 0 Å². The third-order valence-corrected chi connectivity index (χ3v) is 0.858. The van der Waals surface area contributed by atoms with Crippen molar-refractivity contribution >= 4 is 21.9 Å². The third-order valence-electron chi connectivity index (χ3n) is 0.400. The van der Waals surface area contributed by atoms with E-state index in [2.05, 4.69) is 20.7 Å². The molecule has 0 fully saturated rings. The Kier molecular flexibility index (Phi) is 6.93. The van der Waals surface area contributed by atoms with Crippen LogP contribution < -0.4 is 0 Å². The minimum Gasteiger partial charge on any atom is -0.457 e. The van der Waals surface area contributed by atoms with Crippen LogP contribution in [-0.4, -0.2) is 16.9 Å². The summed E-state index contributed by atoms with van der Waals surface area (Å²) in [4.78, 5) is 10.3.